The largest absolute Gasteiger partial charge is 0.391 e. The Morgan fingerprint density at radius 1 is 1.44 bits per heavy atom. The predicted molar refractivity (Wildman–Crippen MR) is 70.8 cm³/mol. The first-order chi connectivity index (χ1) is 8.72. The molecule has 3 nitrogen and oxygen atoms in total. The lowest BCUT2D eigenvalue weighted by molar-refractivity contribution is 0.00783. The zero-order valence-electron chi connectivity index (χ0n) is 10.8. The van der Waals surface area contributed by atoms with Crippen molar-refractivity contribution in [2.75, 3.05) is 13.1 Å². The van der Waals surface area contributed by atoms with Crippen molar-refractivity contribution in [1.82, 2.24) is 4.90 Å². The molecule has 0 saturated carbocycles. The molecule has 1 aliphatic rings. The molecule has 1 aromatic rings. The Morgan fingerprint density at radius 2 is 2.17 bits per heavy atom. The Kier molecular flexibility index (Phi) is 4.35. The number of aliphatic hydroxyl groups is 1. The number of piperidine rings is 1. The van der Waals surface area contributed by atoms with Crippen LogP contribution < -0.4 is 0 Å². The monoisotopic (exact) mass is 244 g/mol. The zero-order chi connectivity index (χ0) is 13.0. The van der Waals surface area contributed by atoms with Crippen molar-refractivity contribution >= 4 is 0 Å². The van der Waals surface area contributed by atoms with Crippen LogP contribution in [0.25, 0.3) is 0 Å². The minimum Gasteiger partial charge on any atom is -0.391 e. The Balaban J connectivity index is 1.98. The lowest BCUT2D eigenvalue weighted by Gasteiger charge is -2.38. The van der Waals surface area contributed by atoms with E-state index in [1.807, 2.05) is 18.2 Å². The van der Waals surface area contributed by atoms with E-state index in [1.54, 1.807) is 0 Å². The van der Waals surface area contributed by atoms with Gasteiger partial charge >= 0.3 is 0 Å². The Hall–Kier alpha value is -1.37. The topological polar surface area (TPSA) is 47.3 Å². The predicted octanol–water partition coefficient (Wildman–Crippen LogP) is 2.34. The van der Waals surface area contributed by atoms with Crippen molar-refractivity contribution in [3.63, 3.8) is 0 Å². The number of benzene rings is 1. The minimum absolute atomic E-state index is 0.147. The quantitative estimate of drug-likeness (QED) is 0.887. The molecule has 1 N–H and O–H groups in total. The van der Waals surface area contributed by atoms with E-state index in [-0.39, 0.29) is 12.0 Å². The molecule has 0 amide bonds. The smallest absolute Gasteiger partial charge is 0.0705 e. The van der Waals surface area contributed by atoms with Crippen molar-refractivity contribution in [2.24, 2.45) is 5.92 Å². The van der Waals surface area contributed by atoms with Crippen LogP contribution in [0.4, 0.5) is 0 Å². The minimum atomic E-state index is -0.371. The normalized spacial score (nSPS) is 26.5. The fraction of sp³-hybridized carbons (Fsp3) is 0.533. The third-order valence-electron chi connectivity index (χ3n) is 3.94. The summed E-state index contributed by atoms with van der Waals surface area (Å²) >= 11 is 0. The standard InChI is InChI=1S/C15H20N2O/c1-12(13-5-3-2-4-6-13)17-10-8-14(7-9-16)15(18)11-17/h2-6,12,14-15,18H,7-8,10-11H2,1H3/t12-,14+,15-/m0/s1. The summed E-state index contributed by atoms with van der Waals surface area (Å²) in [7, 11) is 0. The van der Waals surface area contributed by atoms with Crippen LogP contribution in [-0.4, -0.2) is 29.2 Å². The van der Waals surface area contributed by atoms with Crippen LogP contribution in [0, 0.1) is 17.2 Å². The van der Waals surface area contributed by atoms with Crippen molar-refractivity contribution < 1.29 is 5.11 Å². The summed E-state index contributed by atoms with van der Waals surface area (Å²) in [5.41, 5.74) is 1.28. The first-order valence-corrected chi connectivity index (χ1v) is 6.56. The van der Waals surface area contributed by atoms with E-state index >= 15 is 0 Å². The highest BCUT2D eigenvalue weighted by Crippen LogP contribution is 2.27. The molecule has 1 fully saturated rings. The molecule has 18 heavy (non-hydrogen) atoms. The maximum absolute atomic E-state index is 10.1. The number of hydrogen-bond donors (Lipinski definition) is 1. The van der Waals surface area contributed by atoms with E-state index in [0.717, 1.165) is 13.0 Å². The summed E-state index contributed by atoms with van der Waals surface area (Å²) < 4.78 is 0. The Labute approximate surface area is 109 Å². The number of hydrogen-bond acceptors (Lipinski definition) is 3. The summed E-state index contributed by atoms with van der Waals surface area (Å²) in [5.74, 6) is 0.147. The lowest BCUT2D eigenvalue weighted by atomic mass is 9.90. The third kappa shape index (κ3) is 2.90. The third-order valence-corrected chi connectivity index (χ3v) is 3.94. The van der Waals surface area contributed by atoms with Gasteiger partial charge in [-0.05, 0) is 25.5 Å². The molecule has 0 radical (unpaired) electrons. The molecule has 96 valence electrons. The molecule has 1 saturated heterocycles. The van der Waals surface area contributed by atoms with Gasteiger partial charge in [-0.15, -0.1) is 0 Å². The molecular formula is C15H20N2O. The molecular weight excluding hydrogens is 224 g/mol. The van der Waals surface area contributed by atoms with Crippen LogP contribution in [-0.2, 0) is 0 Å². The van der Waals surface area contributed by atoms with Gasteiger partial charge in [0.2, 0.25) is 0 Å². The highest BCUT2D eigenvalue weighted by molar-refractivity contribution is 5.18. The van der Waals surface area contributed by atoms with Gasteiger partial charge in [-0.2, -0.15) is 5.26 Å². The van der Waals surface area contributed by atoms with Crippen molar-refractivity contribution in [3.8, 4) is 6.07 Å². The molecule has 1 aliphatic heterocycles. The number of nitriles is 1. The van der Waals surface area contributed by atoms with Gasteiger partial charge in [0.25, 0.3) is 0 Å². The molecule has 1 aromatic carbocycles. The van der Waals surface area contributed by atoms with Gasteiger partial charge in [0.15, 0.2) is 0 Å². The molecule has 0 unspecified atom stereocenters. The average Bonchev–Trinajstić information content (AvgIpc) is 2.41. The van der Waals surface area contributed by atoms with Gasteiger partial charge in [-0.25, -0.2) is 0 Å². The van der Waals surface area contributed by atoms with Crippen LogP contribution in [0.1, 0.15) is 31.4 Å². The van der Waals surface area contributed by atoms with Gasteiger partial charge in [-0.1, -0.05) is 30.3 Å². The van der Waals surface area contributed by atoms with E-state index in [1.165, 1.54) is 5.56 Å². The van der Waals surface area contributed by atoms with Crippen LogP contribution in [0.3, 0.4) is 0 Å². The Morgan fingerprint density at radius 3 is 2.78 bits per heavy atom. The number of likely N-dealkylation sites (tertiary alicyclic amines) is 1. The first-order valence-electron chi connectivity index (χ1n) is 6.56. The maximum Gasteiger partial charge on any atom is 0.0705 e. The number of nitrogens with zero attached hydrogens (tertiary/aromatic N) is 2. The van der Waals surface area contributed by atoms with E-state index < -0.39 is 0 Å². The van der Waals surface area contributed by atoms with E-state index in [2.05, 4.69) is 30.0 Å². The molecule has 3 atom stereocenters. The summed E-state index contributed by atoms with van der Waals surface area (Å²) in [6.07, 6.45) is 1.00. The lowest BCUT2D eigenvalue weighted by Crippen LogP contribution is -2.44. The second-order valence-electron chi connectivity index (χ2n) is 5.06. The molecule has 0 aromatic heterocycles. The summed E-state index contributed by atoms with van der Waals surface area (Å²) in [6.45, 7) is 3.80. The SMILES string of the molecule is C[C@@H](c1ccccc1)N1CC[C@@H](CC#N)[C@@H](O)C1. The van der Waals surface area contributed by atoms with Gasteiger partial charge in [0.05, 0.1) is 12.2 Å². The van der Waals surface area contributed by atoms with E-state index in [4.69, 9.17) is 5.26 Å². The van der Waals surface area contributed by atoms with Crippen molar-refractivity contribution in [2.45, 2.75) is 31.9 Å². The van der Waals surface area contributed by atoms with Crippen molar-refractivity contribution in [3.05, 3.63) is 35.9 Å². The van der Waals surface area contributed by atoms with E-state index in [9.17, 15) is 5.11 Å². The number of rotatable bonds is 3. The van der Waals surface area contributed by atoms with E-state index in [0.29, 0.717) is 19.0 Å². The van der Waals surface area contributed by atoms with Gasteiger partial charge in [0, 0.05) is 24.9 Å². The van der Waals surface area contributed by atoms with Crippen LogP contribution in [0.15, 0.2) is 30.3 Å². The highest BCUT2D eigenvalue weighted by Gasteiger charge is 2.29. The number of β-amino-alcohol motifs (C(OH)–C–C–N with tert-alkyl or cyclic N) is 1. The second-order valence-corrected chi connectivity index (χ2v) is 5.06. The molecule has 2 rings (SSSR count). The fourth-order valence-corrected chi connectivity index (χ4v) is 2.65. The van der Waals surface area contributed by atoms with Gasteiger partial charge in [0.1, 0.15) is 0 Å². The number of aliphatic hydroxyl groups excluding tert-OH is 1. The Bertz CT molecular complexity index is 412. The second kappa shape index (κ2) is 5.99. The average molecular weight is 244 g/mol. The van der Waals surface area contributed by atoms with Crippen molar-refractivity contribution in [1.29, 1.82) is 5.26 Å². The molecule has 3 heteroatoms. The molecule has 1 heterocycles. The molecule has 0 bridgehead atoms. The van der Waals surface area contributed by atoms with Crippen LogP contribution >= 0.6 is 0 Å². The van der Waals surface area contributed by atoms with Gasteiger partial charge in [-0.3, -0.25) is 4.90 Å². The summed E-state index contributed by atoms with van der Waals surface area (Å²) in [6, 6.07) is 12.8. The molecule has 0 aliphatic carbocycles. The van der Waals surface area contributed by atoms with Crippen LogP contribution in [0.5, 0.6) is 0 Å². The first kappa shape index (κ1) is 13.1. The summed E-state index contributed by atoms with van der Waals surface area (Å²) in [4.78, 5) is 2.30. The van der Waals surface area contributed by atoms with Crippen LogP contribution in [0.2, 0.25) is 0 Å². The summed E-state index contributed by atoms with van der Waals surface area (Å²) in [5, 5.41) is 18.8. The maximum atomic E-state index is 10.1. The highest BCUT2D eigenvalue weighted by atomic mass is 16.3. The zero-order valence-corrected chi connectivity index (χ0v) is 10.8. The van der Waals surface area contributed by atoms with Gasteiger partial charge < -0.3 is 5.11 Å². The molecule has 0 spiro atoms. The fourth-order valence-electron chi connectivity index (χ4n) is 2.65.